The fourth-order valence-corrected chi connectivity index (χ4v) is 3.93. The highest BCUT2D eigenvalue weighted by atomic mass is 32.2. The standard InChI is InChI=1S/C17H22N2O3S/c1-2-3-5-10-17(20)18-11-13-19(14-12-18)23(21,22)15-16-8-6-4-7-9-16/h2-10H,11-15H2,1H3/b3-2+,10-5+. The van der Waals surface area contributed by atoms with Gasteiger partial charge in [-0.2, -0.15) is 4.31 Å². The Hall–Kier alpha value is -1.92. The van der Waals surface area contributed by atoms with Crippen molar-refractivity contribution in [3.8, 4) is 0 Å². The van der Waals surface area contributed by atoms with E-state index in [1.807, 2.05) is 43.3 Å². The van der Waals surface area contributed by atoms with Gasteiger partial charge < -0.3 is 4.90 Å². The second-order valence-corrected chi connectivity index (χ2v) is 7.32. The van der Waals surface area contributed by atoms with Gasteiger partial charge in [-0.15, -0.1) is 0 Å². The number of carbonyl (C=O) groups excluding carboxylic acids is 1. The van der Waals surface area contributed by atoms with Gasteiger partial charge in [0.05, 0.1) is 5.75 Å². The van der Waals surface area contributed by atoms with E-state index in [0.717, 1.165) is 5.56 Å². The molecule has 0 radical (unpaired) electrons. The van der Waals surface area contributed by atoms with Crippen molar-refractivity contribution in [2.75, 3.05) is 26.2 Å². The fourth-order valence-electron chi connectivity index (χ4n) is 2.42. The Labute approximate surface area is 138 Å². The third-order valence-corrected chi connectivity index (χ3v) is 5.53. The summed E-state index contributed by atoms with van der Waals surface area (Å²) in [5.41, 5.74) is 0.778. The van der Waals surface area contributed by atoms with E-state index >= 15 is 0 Å². The first kappa shape index (κ1) is 17.4. The number of hydrogen-bond donors (Lipinski definition) is 0. The van der Waals surface area contributed by atoms with Crippen molar-refractivity contribution in [3.05, 3.63) is 60.2 Å². The molecule has 0 aromatic heterocycles. The zero-order valence-corrected chi connectivity index (χ0v) is 14.1. The number of nitrogens with zero attached hydrogens (tertiary/aromatic N) is 2. The maximum Gasteiger partial charge on any atom is 0.246 e. The molecule has 0 unspecified atom stereocenters. The third-order valence-electron chi connectivity index (χ3n) is 3.68. The minimum atomic E-state index is -3.34. The quantitative estimate of drug-likeness (QED) is 0.609. The van der Waals surface area contributed by atoms with Gasteiger partial charge in [-0.1, -0.05) is 48.6 Å². The highest BCUT2D eigenvalue weighted by molar-refractivity contribution is 7.88. The van der Waals surface area contributed by atoms with Crippen molar-refractivity contribution in [2.45, 2.75) is 12.7 Å². The van der Waals surface area contributed by atoms with E-state index in [2.05, 4.69) is 0 Å². The first-order chi connectivity index (χ1) is 11.0. The van der Waals surface area contributed by atoms with Crippen LogP contribution in [0.1, 0.15) is 12.5 Å². The Morgan fingerprint density at radius 2 is 1.74 bits per heavy atom. The fraction of sp³-hybridized carbons (Fsp3) is 0.353. The average Bonchev–Trinajstić information content (AvgIpc) is 2.55. The summed E-state index contributed by atoms with van der Waals surface area (Å²) in [6, 6.07) is 9.14. The Kier molecular flexibility index (Phi) is 6.12. The molecule has 1 fully saturated rings. The number of rotatable bonds is 5. The molecule has 5 nitrogen and oxygen atoms in total. The maximum atomic E-state index is 12.4. The van der Waals surface area contributed by atoms with Crippen LogP contribution in [0, 0.1) is 0 Å². The summed E-state index contributed by atoms with van der Waals surface area (Å²) < 4.78 is 26.4. The number of amides is 1. The molecule has 1 aromatic carbocycles. The minimum absolute atomic E-state index is 0.00296. The summed E-state index contributed by atoms with van der Waals surface area (Å²) in [5, 5.41) is 0. The summed E-state index contributed by atoms with van der Waals surface area (Å²) >= 11 is 0. The molecule has 1 aliphatic heterocycles. The topological polar surface area (TPSA) is 57.7 Å². The first-order valence-electron chi connectivity index (χ1n) is 7.63. The second-order valence-electron chi connectivity index (χ2n) is 5.35. The van der Waals surface area contributed by atoms with E-state index in [4.69, 9.17) is 0 Å². The summed E-state index contributed by atoms with van der Waals surface area (Å²) in [6.45, 7) is 3.42. The average molecular weight is 334 g/mol. The van der Waals surface area contributed by atoms with Gasteiger partial charge in [0.25, 0.3) is 0 Å². The van der Waals surface area contributed by atoms with Gasteiger partial charge in [0.2, 0.25) is 15.9 Å². The number of allylic oxidation sites excluding steroid dienone is 3. The van der Waals surface area contributed by atoms with Gasteiger partial charge in [0.15, 0.2) is 0 Å². The van der Waals surface area contributed by atoms with E-state index in [1.165, 1.54) is 10.4 Å². The van der Waals surface area contributed by atoms with Crippen molar-refractivity contribution in [1.82, 2.24) is 9.21 Å². The van der Waals surface area contributed by atoms with Crippen LogP contribution in [0.2, 0.25) is 0 Å². The van der Waals surface area contributed by atoms with Crippen LogP contribution in [-0.2, 0) is 20.6 Å². The molecule has 0 spiro atoms. The smallest absolute Gasteiger partial charge is 0.246 e. The summed E-state index contributed by atoms with van der Waals surface area (Å²) in [6.07, 6.45) is 6.84. The van der Waals surface area contributed by atoms with Crippen LogP contribution in [0.15, 0.2) is 54.6 Å². The Morgan fingerprint density at radius 1 is 1.09 bits per heavy atom. The van der Waals surface area contributed by atoms with E-state index < -0.39 is 10.0 Å². The number of sulfonamides is 1. The third kappa shape index (κ3) is 5.04. The van der Waals surface area contributed by atoms with Crippen molar-refractivity contribution < 1.29 is 13.2 Å². The highest BCUT2D eigenvalue weighted by Crippen LogP contribution is 2.13. The molecular weight excluding hydrogens is 312 g/mol. The lowest BCUT2D eigenvalue weighted by atomic mass is 10.2. The van der Waals surface area contributed by atoms with Crippen LogP contribution in [0.25, 0.3) is 0 Å². The van der Waals surface area contributed by atoms with Gasteiger partial charge in [-0.3, -0.25) is 4.79 Å². The van der Waals surface area contributed by atoms with Gasteiger partial charge in [-0.25, -0.2) is 8.42 Å². The number of piperazine rings is 1. The molecule has 1 aromatic rings. The van der Waals surface area contributed by atoms with E-state index in [9.17, 15) is 13.2 Å². The largest absolute Gasteiger partial charge is 0.337 e. The number of carbonyl (C=O) groups is 1. The lowest BCUT2D eigenvalue weighted by Gasteiger charge is -2.33. The maximum absolute atomic E-state index is 12.4. The van der Waals surface area contributed by atoms with E-state index in [1.54, 1.807) is 17.1 Å². The Morgan fingerprint density at radius 3 is 2.35 bits per heavy atom. The normalized spacial score (nSPS) is 17.2. The van der Waals surface area contributed by atoms with E-state index in [0.29, 0.717) is 26.2 Å². The predicted octanol–water partition coefficient (Wildman–Crippen LogP) is 1.79. The molecule has 1 heterocycles. The van der Waals surface area contributed by atoms with Gasteiger partial charge >= 0.3 is 0 Å². The van der Waals surface area contributed by atoms with Crippen molar-refractivity contribution in [1.29, 1.82) is 0 Å². The van der Waals surface area contributed by atoms with Crippen molar-refractivity contribution in [2.24, 2.45) is 0 Å². The molecule has 0 atom stereocenters. The first-order valence-corrected chi connectivity index (χ1v) is 9.24. The molecule has 0 saturated carbocycles. The molecule has 1 amide bonds. The summed E-state index contributed by atoms with van der Waals surface area (Å²) in [5.74, 6) is -0.0774. The van der Waals surface area contributed by atoms with Crippen LogP contribution >= 0.6 is 0 Å². The lowest BCUT2D eigenvalue weighted by molar-refractivity contribution is -0.127. The summed E-state index contributed by atoms with van der Waals surface area (Å²) in [7, 11) is -3.34. The molecular formula is C17H22N2O3S. The molecule has 124 valence electrons. The van der Waals surface area contributed by atoms with Crippen LogP contribution < -0.4 is 0 Å². The number of hydrogen-bond acceptors (Lipinski definition) is 3. The van der Waals surface area contributed by atoms with Crippen LogP contribution in [0.5, 0.6) is 0 Å². The van der Waals surface area contributed by atoms with Crippen LogP contribution in [-0.4, -0.2) is 49.7 Å². The molecule has 0 bridgehead atoms. The molecule has 1 aliphatic rings. The van der Waals surface area contributed by atoms with Gasteiger partial charge in [0, 0.05) is 32.3 Å². The SMILES string of the molecule is C/C=C/C=C/C(=O)N1CCN(S(=O)(=O)Cc2ccccc2)CC1. The monoisotopic (exact) mass is 334 g/mol. The molecule has 23 heavy (non-hydrogen) atoms. The van der Waals surface area contributed by atoms with Gasteiger partial charge in [-0.05, 0) is 12.5 Å². The van der Waals surface area contributed by atoms with Crippen molar-refractivity contribution in [3.63, 3.8) is 0 Å². The van der Waals surface area contributed by atoms with Crippen LogP contribution in [0.3, 0.4) is 0 Å². The van der Waals surface area contributed by atoms with E-state index in [-0.39, 0.29) is 11.7 Å². The molecule has 6 heteroatoms. The molecule has 0 aliphatic carbocycles. The summed E-state index contributed by atoms with van der Waals surface area (Å²) in [4.78, 5) is 13.6. The second kappa shape index (κ2) is 8.08. The predicted molar refractivity (Wildman–Crippen MR) is 91.2 cm³/mol. The number of benzene rings is 1. The Balaban J connectivity index is 1.92. The molecule has 1 saturated heterocycles. The zero-order valence-electron chi connectivity index (χ0n) is 13.3. The molecule has 2 rings (SSSR count). The zero-order chi connectivity index (χ0) is 16.7. The molecule has 0 N–H and O–H groups in total. The minimum Gasteiger partial charge on any atom is -0.337 e. The van der Waals surface area contributed by atoms with Crippen LogP contribution in [0.4, 0.5) is 0 Å². The van der Waals surface area contributed by atoms with Crippen molar-refractivity contribution >= 4 is 15.9 Å². The highest BCUT2D eigenvalue weighted by Gasteiger charge is 2.28. The Bertz CT molecular complexity index is 673. The lowest BCUT2D eigenvalue weighted by Crippen LogP contribution is -2.50. The van der Waals surface area contributed by atoms with Gasteiger partial charge in [0.1, 0.15) is 0 Å².